The van der Waals surface area contributed by atoms with Gasteiger partial charge in [0.2, 0.25) is 5.91 Å². The molecule has 4 nitrogen and oxygen atoms in total. The van der Waals surface area contributed by atoms with Crippen molar-refractivity contribution in [3.8, 4) is 0 Å². The van der Waals surface area contributed by atoms with Crippen molar-refractivity contribution in [1.82, 2.24) is 4.98 Å². The van der Waals surface area contributed by atoms with E-state index in [4.69, 9.17) is 17.3 Å². The Labute approximate surface area is 115 Å². The molecule has 1 aromatic heterocycles. The van der Waals surface area contributed by atoms with E-state index in [2.05, 4.69) is 10.3 Å². The number of carbonyl (C=O) groups is 1. The predicted octanol–water partition coefficient (Wildman–Crippen LogP) is 2.97. The van der Waals surface area contributed by atoms with Crippen LogP contribution < -0.4 is 11.1 Å². The highest BCUT2D eigenvalue weighted by Gasteiger charge is 1.98. The number of nitrogens with two attached hydrogens (primary N) is 1. The van der Waals surface area contributed by atoms with Crippen molar-refractivity contribution in [2.75, 3.05) is 11.1 Å². The van der Waals surface area contributed by atoms with E-state index in [0.717, 1.165) is 5.56 Å². The second-order valence-corrected chi connectivity index (χ2v) is 4.25. The second kappa shape index (κ2) is 6.02. The molecular formula is C14H12ClN3O. The van der Waals surface area contributed by atoms with Crippen molar-refractivity contribution in [1.29, 1.82) is 0 Å². The number of aromatic nitrogens is 1. The molecule has 2 rings (SSSR count). The summed E-state index contributed by atoms with van der Waals surface area (Å²) in [6.45, 7) is 0. The number of rotatable bonds is 3. The predicted molar refractivity (Wildman–Crippen MR) is 77.8 cm³/mol. The Morgan fingerprint density at radius 3 is 2.58 bits per heavy atom. The zero-order valence-electron chi connectivity index (χ0n) is 10.0. The van der Waals surface area contributed by atoms with Gasteiger partial charge in [-0.25, -0.2) is 4.98 Å². The Bertz CT molecular complexity index is 591. The average Bonchev–Trinajstić information content (AvgIpc) is 2.41. The molecule has 2 aromatic rings. The van der Waals surface area contributed by atoms with Crippen LogP contribution >= 0.6 is 11.6 Å². The summed E-state index contributed by atoms with van der Waals surface area (Å²) in [6, 6.07) is 10.5. The van der Waals surface area contributed by atoms with Crippen LogP contribution in [-0.2, 0) is 4.79 Å². The van der Waals surface area contributed by atoms with E-state index in [1.165, 1.54) is 12.3 Å². The maximum atomic E-state index is 11.7. The van der Waals surface area contributed by atoms with Gasteiger partial charge in [0.05, 0.1) is 11.9 Å². The van der Waals surface area contributed by atoms with E-state index in [0.29, 0.717) is 16.5 Å². The summed E-state index contributed by atoms with van der Waals surface area (Å²) in [6.07, 6.45) is 4.65. The van der Waals surface area contributed by atoms with Crippen molar-refractivity contribution in [3.05, 3.63) is 59.4 Å². The first-order chi connectivity index (χ1) is 9.13. The van der Waals surface area contributed by atoms with Crippen LogP contribution in [-0.4, -0.2) is 10.9 Å². The number of anilines is 2. The normalized spacial score (nSPS) is 10.6. The monoisotopic (exact) mass is 273 g/mol. The van der Waals surface area contributed by atoms with Crippen molar-refractivity contribution in [3.63, 3.8) is 0 Å². The first-order valence-electron chi connectivity index (χ1n) is 5.59. The summed E-state index contributed by atoms with van der Waals surface area (Å²) in [5.41, 5.74) is 7.76. The Morgan fingerprint density at radius 1 is 1.21 bits per heavy atom. The molecule has 0 bridgehead atoms. The quantitative estimate of drug-likeness (QED) is 0.513. The van der Waals surface area contributed by atoms with Gasteiger partial charge >= 0.3 is 0 Å². The molecule has 0 aliphatic rings. The molecule has 0 saturated carbocycles. The fraction of sp³-hybridized carbons (Fsp3) is 0. The molecule has 1 heterocycles. The zero-order valence-corrected chi connectivity index (χ0v) is 10.8. The number of nitrogens with one attached hydrogen (secondary N) is 1. The first-order valence-corrected chi connectivity index (χ1v) is 5.97. The van der Waals surface area contributed by atoms with Crippen molar-refractivity contribution in [2.24, 2.45) is 0 Å². The molecule has 0 atom stereocenters. The van der Waals surface area contributed by atoms with Gasteiger partial charge in [0.1, 0.15) is 5.15 Å². The highest BCUT2D eigenvalue weighted by Crippen LogP contribution is 2.10. The number of nitrogen functional groups attached to an aromatic ring is 1. The van der Waals surface area contributed by atoms with Crippen molar-refractivity contribution in [2.45, 2.75) is 0 Å². The van der Waals surface area contributed by atoms with Gasteiger partial charge in [-0.1, -0.05) is 23.7 Å². The fourth-order valence-electron chi connectivity index (χ4n) is 1.41. The molecule has 0 spiro atoms. The molecule has 0 unspecified atom stereocenters. The van der Waals surface area contributed by atoms with Gasteiger partial charge < -0.3 is 11.1 Å². The summed E-state index contributed by atoms with van der Waals surface area (Å²) >= 11 is 5.65. The first kappa shape index (κ1) is 13.1. The number of hydrogen-bond acceptors (Lipinski definition) is 3. The lowest BCUT2D eigenvalue weighted by Crippen LogP contribution is -2.07. The van der Waals surface area contributed by atoms with Crippen LogP contribution in [0.5, 0.6) is 0 Å². The molecular weight excluding hydrogens is 262 g/mol. The maximum Gasteiger partial charge on any atom is 0.248 e. The van der Waals surface area contributed by atoms with E-state index in [1.807, 2.05) is 12.1 Å². The molecule has 19 heavy (non-hydrogen) atoms. The molecule has 96 valence electrons. The van der Waals surface area contributed by atoms with Gasteiger partial charge in [-0.05, 0) is 35.9 Å². The van der Waals surface area contributed by atoms with Crippen LogP contribution in [0.4, 0.5) is 11.4 Å². The molecule has 0 aliphatic heterocycles. The maximum absolute atomic E-state index is 11.7. The van der Waals surface area contributed by atoms with Gasteiger partial charge in [-0.2, -0.15) is 0 Å². The lowest BCUT2D eigenvalue weighted by Gasteiger charge is -2.01. The molecule has 0 aliphatic carbocycles. The standard InChI is InChI=1S/C14H12ClN3O/c15-13-7-6-12(9-17-13)18-14(19)8-3-10-1-4-11(16)5-2-10/h1-9H,16H2,(H,18,19)/b8-3+. The lowest BCUT2D eigenvalue weighted by atomic mass is 10.2. The van der Waals surface area contributed by atoms with Crippen LogP contribution in [0, 0.1) is 0 Å². The van der Waals surface area contributed by atoms with Crippen LogP contribution in [0.25, 0.3) is 6.08 Å². The third kappa shape index (κ3) is 4.12. The summed E-state index contributed by atoms with van der Waals surface area (Å²) in [5, 5.41) is 3.06. The minimum atomic E-state index is -0.235. The summed E-state index contributed by atoms with van der Waals surface area (Å²) in [5.74, 6) is -0.235. The van der Waals surface area contributed by atoms with Gasteiger partial charge in [-0.3, -0.25) is 4.79 Å². The largest absolute Gasteiger partial charge is 0.399 e. The fourth-order valence-corrected chi connectivity index (χ4v) is 1.52. The minimum absolute atomic E-state index is 0.235. The third-order valence-electron chi connectivity index (χ3n) is 2.36. The van der Waals surface area contributed by atoms with E-state index < -0.39 is 0 Å². The molecule has 0 saturated heterocycles. The number of nitrogens with zero attached hydrogens (tertiary/aromatic N) is 1. The molecule has 0 fully saturated rings. The molecule has 3 N–H and O–H groups in total. The van der Waals surface area contributed by atoms with Crippen LogP contribution in [0.3, 0.4) is 0 Å². The number of hydrogen-bond donors (Lipinski definition) is 2. The van der Waals surface area contributed by atoms with E-state index in [1.54, 1.807) is 30.3 Å². The van der Waals surface area contributed by atoms with E-state index in [-0.39, 0.29) is 5.91 Å². The van der Waals surface area contributed by atoms with Crippen LogP contribution in [0.1, 0.15) is 5.56 Å². The number of benzene rings is 1. The second-order valence-electron chi connectivity index (χ2n) is 3.86. The summed E-state index contributed by atoms with van der Waals surface area (Å²) in [4.78, 5) is 15.5. The van der Waals surface area contributed by atoms with E-state index in [9.17, 15) is 4.79 Å². The summed E-state index contributed by atoms with van der Waals surface area (Å²) in [7, 11) is 0. The highest BCUT2D eigenvalue weighted by atomic mass is 35.5. The topological polar surface area (TPSA) is 68.0 Å². The SMILES string of the molecule is Nc1ccc(/C=C/C(=O)Nc2ccc(Cl)nc2)cc1. The van der Waals surface area contributed by atoms with Crippen LogP contribution in [0.2, 0.25) is 5.15 Å². The summed E-state index contributed by atoms with van der Waals surface area (Å²) < 4.78 is 0. The van der Waals surface area contributed by atoms with Gasteiger partial charge in [0, 0.05) is 11.8 Å². The molecule has 0 radical (unpaired) electrons. The van der Waals surface area contributed by atoms with Crippen molar-refractivity contribution >= 4 is 35.0 Å². The number of pyridine rings is 1. The van der Waals surface area contributed by atoms with Crippen molar-refractivity contribution < 1.29 is 4.79 Å². The Morgan fingerprint density at radius 2 is 1.95 bits per heavy atom. The zero-order chi connectivity index (χ0) is 13.7. The Hall–Kier alpha value is -2.33. The van der Waals surface area contributed by atoms with Gasteiger partial charge in [0.15, 0.2) is 0 Å². The number of halogens is 1. The number of amides is 1. The third-order valence-corrected chi connectivity index (χ3v) is 2.58. The van der Waals surface area contributed by atoms with Gasteiger partial charge in [0.25, 0.3) is 0 Å². The minimum Gasteiger partial charge on any atom is -0.399 e. The van der Waals surface area contributed by atoms with Crippen LogP contribution in [0.15, 0.2) is 48.7 Å². The van der Waals surface area contributed by atoms with E-state index >= 15 is 0 Å². The Kier molecular flexibility index (Phi) is 4.15. The van der Waals surface area contributed by atoms with Gasteiger partial charge in [-0.15, -0.1) is 0 Å². The molecule has 5 heteroatoms. The Balaban J connectivity index is 1.97. The molecule has 1 aromatic carbocycles. The number of carbonyl (C=O) groups excluding carboxylic acids is 1. The lowest BCUT2D eigenvalue weighted by molar-refractivity contribution is -0.111. The average molecular weight is 274 g/mol. The smallest absolute Gasteiger partial charge is 0.248 e. The molecule has 1 amide bonds. The highest BCUT2D eigenvalue weighted by molar-refractivity contribution is 6.29.